The van der Waals surface area contributed by atoms with Crippen LogP contribution in [-0.4, -0.2) is 19.6 Å². The molecule has 0 saturated heterocycles. The summed E-state index contributed by atoms with van der Waals surface area (Å²) in [7, 11) is 1.64. The van der Waals surface area contributed by atoms with Crippen molar-refractivity contribution in [1.29, 1.82) is 0 Å². The SMILES string of the molecule is COCC(C)/C=C\C(C(=O)NCc1ccc(Oc2cccc(F)c2)cc1)=C(/C)N. The molecule has 0 heterocycles. The molecule has 0 bridgehead atoms. The van der Waals surface area contributed by atoms with Crippen LogP contribution in [0.3, 0.4) is 0 Å². The predicted molar refractivity (Wildman–Crippen MR) is 112 cm³/mol. The molecule has 1 unspecified atom stereocenters. The van der Waals surface area contributed by atoms with Crippen molar-refractivity contribution in [2.45, 2.75) is 20.4 Å². The summed E-state index contributed by atoms with van der Waals surface area (Å²) in [5, 5.41) is 2.86. The predicted octanol–water partition coefficient (Wildman–Crippen LogP) is 4.31. The highest BCUT2D eigenvalue weighted by atomic mass is 19.1. The molecule has 2 aromatic carbocycles. The molecule has 1 atom stereocenters. The maximum Gasteiger partial charge on any atom is 0.253 e. The van der Waals surface area contributed by atoms with Gasteiger partial charge in [-0.05, 0) is 42.7 Å². The number of carbonyl (C=O) groups is 1. The van der Waals surface area contributed by atoms with Crippen molar-refractivity contribution in [2.24, 2.45) is 11.7 Å². The minimum Gasteiger partial charge on any atom is -0.457 e. The second-order valence-electron chi connectivity index (χ2n) is 6.77. The lowest BCUT2D eigenvalue weighted by Crippen LogP contribution is -2.25. The number of methoxy groups -OCH3 is 1. The van der Waals surface area contributed by atoms with E-state index in [4.69, 9.17) is 15.2 Å². The first-order chi connectivity index (χ1) is 13.9. The van der Waals surface area contributed by atoms with E-state index in [1.807, 2.05) is 25.1 Å². The number of halogens is 1. The summed E-state index contributed by atoms with van der Waals surface area (Å²) in [6.45, 7) is 4.60. The second-order valence-corrected chi connectivity index (χ2v) is 6.77. The Morgan fingerprint density at radius 3 is 2.55 bits per heavy atom. The molecule has 5 nitrogen and oxygen atoms in total. The molecule has 0 fully saturated rings. The van der Waals surface area contributed by atoms with Crippen LogP contribution in [0, 0.1) is 11.7 Å². The summed E-state index contributed by atoms with van der Waals surface area (Å²) in [6, 6.07) is 13.2. The first-order valence-electron chi connectivity index (χ1n) is 9.33. The van der Waals surface area contributed by atoms with Gasteiger partial charge in [0.25, 0.3) is 5.91 Å². The van der Waals surface area contributed by atoms with Crippen LogP contribution in [0.15, 0.2) is 72.0 Å². The number of allylic oxidation sites excluding steroid dienone is 1. The number of carbonyl (C=O) groups excluding carboxylic acids is 1. The zero-order valence-electron chi connectivity index (χ0n) is 16.9. The highest BCUT2D eigenvalue weighted by Crippen LogP contribution is 2.22. The number of hydrogen-bond donors (Lipinski definition) is 2. The van der Waals surface area contributed by atoms with Gasteiger partial charge in [0, 0.05) is 25.4 Å². The summed E-state index contributed by atoms with van der Waals surface area (Å²) in [6.07, 6.45) is 3.62. The fraction of sp³-hybridized carbons (Fsp3) is 0.261. The lowest BCUT2D eigenvalue weighted by molar-refractivity contribution is -0.117. The molecule has 3 N–H and O–H groups in total. The normalized spacial score (nSPS) is 13.1. The molecule has 0 aromatic heterocycles. The highest BCUT2D eigenvalue weighted by molar-refractivity contribution is 5.96. The third kappa shape index (κ3) is 7.43. The fourth-order valence-electron chi connectivity index (χ4n) is 2.58. The van der Waals surface area contributed by atoms with Crippen LogP contribution in [0.5, 0.6) is 11.5 Å². The first-order valence-corrected chi connectivity index (χ1v) is 9.33. The van der Waals surface area contributed by atoms with Crippen LogP contribution in [0.4, 0.5) is 4.39 Å². The molecule has 0 saturated carbocycles. The number of ether oxygens (including phenoxy) is 2. The smallest absolute Gasteiger partial charge is 0.253 e. The summed E-state index contributed by atoms with van der Waals surface area (Å²) < 4.78 is 23.9. The number of rotatable bonds is 9. The van der Waals surface area contributed by atoms with Gasteiger partial charge in [-0.1, -0.05) is 37.3 Å². The average molecular weight is 398 g/mol. The van der Waals surface area contributed by atoms with Crippen molar-refractivity contribution in [3.05, 3.63) is 83.3 Å². The van der Waals surface area contributed by atoms with Gasteiger partial charge in [0.15, 0.2) is 0 Å². The fourth-order valence-corrected chi connectivity index (χ4v) is 2.58. The van der Waals surface area contributed by atoms with E-state index in [2.05, 4.69) is 5.32 Å². The Labute approximate surface area is 171 Å². The van der Waals surface area contributed by atoms with Crippen molar-refractivity contribution in [1.82, 2.24) is 5.32 Å². The van der Waals surface area contributed by atoms with Gasteiger partial charge >= 0.3 is 0 Å². The van der Waals surface area contributed by atoms with E-state index in [0.717, 1.165) is 5.56 Å². The Hall–Kier alpha value is -3.12. The monoisotopic (exact) mass is 398 g/mol. The van der Waals surface area contributed by atoms with Gasteiger partial charge in [0.05, 0.1) is 12.2 Å². The summed E-state index contributed by atoms with van der Waals surface area (Å²) >= 11 is 0. The quantitative estimate of drug-likeness (QED) is 0.488. The average Bonchev–Trinajstić information content (AvgIpc) is 2.67. The van der Waals surface area contributed by atoms with Crippen molar-refractivity contribution < 1.29 is 18.7 Å². The molecule has 2 rings (SSSR count). The molecule has 2 aromatic rings. The maximum atomic E-state index is 13.2. The van der Waals surface area contributed by atoms with Crippen molar-refractivity contribution >= 4 is 5.91 Å². The van der Waals surface area contributed by atoms with E-state index in [-0.39, 0.29) is 17.6 Å². The zero-order valence-corrected chi connectivity index (χ0v) is 16.9. The van der Waals surface area contributed by atoms with E-state index >= 15 is 0 Å². The van der Waals surface area contributed by atoms with E-state index in [1.165, 1.54) is 12.1 Å². The summed E-state index contributed by atoms with van der Waals surface area (Å²) in [4.78, 5) is 12.5. The Morgan fingerprint density at radius 1 is 1.21 bits per heavy atom. The van der Waals surface area contributed by atoms with Crippen LogP contribution >= 0.6 is 0 Å². The minimum atomic E-state index is -0.355. The zero-order chi connectivity index (χ0) is 21.2. The highest BCUT2D eigenvalue weighted by Gasteiger charge is 2.09. The molecule has 154 valence electrons. The molecule has 6 heteroatoms. The largest absolute Gasteiger partial charge is 0.457 e. The Kier molecular flexibility index (Phi) is 8.43. The van der Waals surface area contributed by atoms with E-state index < -0.39 is 0 Å². The number of hydrogen-bond acceptors (Lipinski definition) is 4. The minimum absolute atomic E-state index is 0.174. The molecular formula is C23H27FN2O3. The Bertz CT molecular complexity index is 872. The number of benzene rings is 2. The molecule has 0 aliphatic heterocycles. The van der Waals surface area contributed by atoms with Crippen LogP contribution in [0.1, 0.15) is 19.4 Å². The standard InChI is InChI=1S/C23H27FN2O3/c1-16(15-28-3)7-12-22(17(2)25)23(27)26-14-18-8-10-20(11-9-18)29-21-6-4-5-19(24)13-21/h4-13,16H,14-15,25H2,1-3H3,(H,26,27)/b12-7-,22-17-. The van der Waals surface area contributed by atoms with Gasteiger partial charge in [-0.2, -0.15) is 0 Å². The summed E-state index contributed by atoms with van der Waals surface area (Å²) in [5.41, 5.74) is 7.64. The third-order valence-electron chi connectivity index (χ3n) is 4.10. The molecular weight excluding hydrogens is 371 g/mol. The van der Waals surface area contributed by atoms with E-state index in [0.29, 0.717) is 35.9 Å². The molecule has 29 heavy (non-hydrogen) atoms. The molecule has 1 amide bonds. The van der Waals surface area contributed by atoms with Gasteiger partial charge in [-0.3, -0.25) is 4.79 Å². The van der Waals surface area contributed by atoms with Gasteiger partial charge < -0.3 is 20.5 Å². The molecule has 0 spiro atoms. The van der Waals surface area contributed by atoms with E-state index in [9.17, 15) is 9.18 Å². The maximum absolute atomic E-state index is 13.2. The number of nitrogens with two attached hydrogens (primary N) is 1. The Morgan fingerprint density at radius 2 is 1.93 bits per heavy atom. The third-order valence-corrected chi connectivity index (χ3v) is 4.10. The number of amides is 1. The van der Waals surface area contributed by atoms with Crippen molar-refractivity contribution in [3.63, 3.8) is 0 Å². The first kappa shape index (κ1) is 22.2. The molecule has 0 radical (unpaired) electrons. The lowest BCUT2D eigenvalue weighted by atomic mass is 10.1. The van der Waals surface area contributed by atoms with Crippen LogP contribution in [-0.2, 0) is 16.1 Å². The molecule has 0 aliphatic rings. The van der Waals surface area contributed by atoms with Gasteiger partial charge in [0.1, 0.15) is 17.3 Å². The second kappa shape index (κ2) is 11.0. The van der Waals surface area contributed by atoms with Crippen LogP contribution < -0.4 is 15.8 Å². The van der Waals surface area contributed by atoms with Crippen LogP contribution in [0.25, 0.3) is 0 Å². The van der Waals surface area contributed by atoms with Gasteiger partial charge in [-0.25, -0.2) is 4.39 Å². The van der Waals surface area contributed by atoms with Crippen LogP contribution in [0.2, 0.25) is 0 Å². The summed E-state index contributed by atoms with van der Waals surface area (Å²) in [5.74, 6) is 0.582. The van der Waals surface area contributed by atoms with E-state index in [1.54, 1.807) is 44.4 Å². The lowest BCUT2D eigenvalue weighted by Gasteiger charge is -2.10. The number of nitrogens with one attached hydrogen (secondary N) is 1. The topological polar surface area (TPSA) is 73.6 Å². The van der Waals surface area contributed by atoms with Crippen molar-refractivity contribution in [2.75, 3.05) is 13.7 Å². The Balaban J connectivity index is 1.94. The van der Waals surface area contributed by atoms with Gasteiger partial charge in [-0.15, -0.1) is 0 Å². The van der Waals surface area contributed by atoms with Crippen molar-refractivity contribution in [3.8, 4) is 11.5 Å². The van der Waals surface area contributed by atoms with Gasteiger partial charge in [0.2, 0.25) is 0 Å². The molecule has 0 aliphatic carbocycles.